The van der Waals surface area contributed by atoms with Gasteiger partial charge in [0.05, 0.1) is 0 Å². The highest BCUT2D eigenvalue weighted by Gasteiger charge is 2.20. The fourth-order valence-corrected chi connectivity index (χ4v) is 2.32. The number of hydrogen-bond donors (Lipinski definition) is 3. The lowest BCUT2D eigenvalue weighted by molar-refractivity contribution is 0.1000. The Morgan fingerprint density at radius 2 is 2.50 bits per heavy atom. The van der Waals surface area contributed by atoms with Gasteiger partial charge in [-0.2, -0.15) is 0 Å². The lowest BCUT2D eigenvalue weighted by Crippen LogP contribution is -2.38. The summed E-state index contributed by atoms with van der Waals surface area (Å²) in [6.45, 7) is 4.29. The first kappa shape index (κ1) is 12.8. The van der Waals surface area contributed by atoms with E-state index >= 15 is 0 Å². The molecule has 1 aliphatic rings. The number of pyridine rings is 1. The predicted octanol–water partition coefficient (Wildman–Crippen LogP) is 0.980. The Morgan fingerprint density at radius 3 is 3.17 bits per heavy atom. The van der Waals surface area contributed by atoms with Crippen molar-refractivity contribution in [3.05, 3.63) is 23.9 Å². The number of piperidine rings is 1. The highest BCUT2D eigenvalue weighted by atomic mass is 16.1. The Labute approximate surface area is 107 Å². The van der Waals surface area contributed by atoms with Gasteiger partial charge >= 0.3 is 0 Å². The highest BCUT2D eigenvalue weighted by molar-refractivity contribution is 5.93. The number of primary amides is 1. The Kier molecular flexibility index (Phi) is 4.15. The van der Waals surface area contributed by atoms with Gasteiger partial charge in [-0.1, -0.05) is 0 Å². The summed E-state index contributed by atoms with van der Waals surface area (Å²) in [7, 11) is 0. The maximum absolute atomic E-state index is 11.1. The van der Waals surface area contributed by atoms with E-state index in [9.17, 15) is 4.79 Å². The fourth-order valence-electron chi connectivity index (χ4n) is 2.32. The average molecular weight is 248 g/mol. The maximum Gasteiger partial charge on any atom is 0.248 e. The number of amides is 1. The lowest BCUT2D eigenvalue weighted by atomic mass is 9.93. The minimum absolute atomic E-state index is 0.327. The molecule has 1 aromatic heterocycles. The van der Waals surface area contributed by atoms with Crippen molar-refractivity contribution in [2.45, 2.75) is 25.8 Å². The number of carbonyl (C=O) groups excluding carboxylic acids is 1. The Hall–Kier alpha value is -1.62. The average Bonchev–Trinajstić information content (AvgIpc) is 2.40. The molecule has 1 fully saturated rings. The summed E-state index contributed by atoms with van der Waals surface area (Å²) in [5.74, 6) is 0.884. The molecule has 1 aliphatic heterocycles. The van der Waals surface area contributed by atoms with Gasteiger partial charge in [-0.3, -0.25) is 4.79 Å². The molecule has 5 heteroatoms. The van der Waals surface area contributed by atoms with Gasteiger partial charge in [-0.15, -0.1) is 0 Å². The molecule has 2 rings (SSSR count). The zero-order chi connectivity index (χ0) is 13.0. The van der Waals surface area contributed by atoms with Gasteiger partial charge in [0.25, 0.3) is 0 Å². The minimum Gasteiger partial charge on any atom is -0.367 e. The molecule has 0 bridgehead atoms. The zero-order valence-corrected chi connectivity index (χ0v) is 10.6. The van der Waals surface area contributed by atoms with E-state index in [2.05, 4.69) is 22.5 Å². The summed E-state index contributed by atoms with van der Waals surface area (Å²) in [5.41, 5.74) is 5.74. The van der Waals surface area contributed by atoms with Crippen LogP contribution in [-0.4, -0.2) is 30.0 Å². The maximum atomic E-state index is 11.1. The van der Waals surface area contributed by atoms with E-state index < -0.39 is 5.91 Å². The number of nitrogens with one attached hydrogen (secondary N) is 2. The van der Waals surface area contributed by atoms with Crippen molar-refractivity contribution in [2.24, 2.45) is 11.7 Å². The van der Waals surface area contributed by atoms with Crippen LogP contribution in [0.25, 0.3) is 0 Å². The summed E-state index contributed by atoms with van der Waals surface area (Å²) in [5, 5.41) is 6.74. The molecule has 1 saturated heterocycles. The minimum atomic E-state index is -0.424. The molecule has 1 amide bonds. The topological polar surface area (TPSA) is 80.0 Å². The van der Waals surface area contributed by atoms with E-state index in [1.54, 1.807) is 18.3 Å². The standard InChI is InChI=1S/C13H20N4O/c1-9(11-3-2-5-15-8-11)17-12-7-10(13(14)18)4-6-16-12/h4,6-7,9,11,15H,2-3,5,8H2,1H3,(H2,14,18)(H,16,17). The third-order valence-corrected chi connectivity index (χ3v) is 3.46. The molecule has 4 N–H and O–H groups in total. The molecule has 0 spiro atoms. The highest BCUT2D eigenvalue weighted by Crippen LogP contribution is 2.18. The molecule has 1 aromatic rings. The Morgan fingerprint density at radius 1 is 1.67 bits per heavy atom. The molecule has 2 heterocycles. The zero-order valence-electron chi connectivity index (χ0n) is 10.6. The van der Waals surface area contributed by atoms with E-state index in [1.807, 2.05) is 0 Å². The molecule has 0 radical (unpaired) electrons. The molecule has 0 saturated carbocycles. The monoisotopic (exact) mass is 248 g/mol. The molecule has 5 nitrogen and oxygen atoms in total. The van der Waals surface area contributed by atoms with Crippen molar-refractivity contribution >= 4 is 11.7 Å². The Balaban J connectivity index is 1.99. The first-order chi connectivity index (χ1) is 8.66. The Bertz CT molecular complexity index is 415. The van der Waals surface area contributed by atoms with E-state index in [4.69, 9.17) is 5.73 Å². The molecule has 2 atom stereocenters. The lowest BCUT2D eigenvalue weighted by Gasteiger charge is -2.29. The van der Waals surface area contributed by atoms with E-state index in [0.717, 1.165) is 13.1 Å². The third-order valence-electron chi connectivity index (χ3n) is 3.46. The van der Waals surface area contributed by atoms with Crippen LogP contribution in [0.5, 0.6) is 0 Å². The van der Waals surface area contributed by atoms with Crippen LogP contribution >= 0.6 is 0 Å². The van der Waals surface area contributed by atoms with Gasteiger partial charge in [0.15, 0.2) is 0 Å². The summed E-state index contributed by atoms with van der Waals surface area (Å²) >= 11 is 0. The van der Waals surface area contributed by atoms with Crippen LogP contribution in [0.1, 0.15) is 30.1 Å². The van der Waals surface area contributed by atoms with Crippen LogP contribution in [0.3, 0.4) is 0 Å². The smallest absolute Gasteiger partial charge is 0.248 e. The van der Waals surface area contributed by atoms with Crippen molar-refractivity contribution in [3.8, 4) is 0 Å². The molecule has 0 aromatic carbocycles. The molecular formula is C13H20N4O. The van der Waals surface area contributed by atoms with Crippen LogP contribution in [0.2, 0.25) is 0 Å². The van der Waals surface area contributed by atoms with Crippen molar-refractivity contribution in [2.75, 3.05) is 18.4 Å². The van der Waals surface area contributed by atoms with E-state index in [-0.39, 0.29) is 0 Å². The van der Waals surface area contributed by atoms with Crippen LogP contribution < -0.4 is 16.4 Å². The fraction of sp³-hybridized carbons (Fsp3) is 0.538. The quantitative estimate of drug-likeness (QED) is 0.742. The molecule has 18 heavy (non-hydrogen) atoms. The number of carbonyl (C=O) groups is 1. The van der Waals surface area contributed by atoms with Gasteiger partial charge in [-0.05, 0) is 50.9 Å². The summed E-state index contributed by atoms with van der Waals surface area (Å²) in [6.07, 6.45) is 4.04. The number of anilines is 1. The number of aromatic nitrogens is 1. The van der Waals surface area contributed by atoms with Crippen molar-refractivity contribution < 1.29 is 4.79 Å². The van der Waals surface area contributed by atoms with Crippen LogP contribution in [0.4, 0.5) is 5.82 Å². The first-order valence-electron chi connectivity index (χ1n) is 6.40. The third kappa shape index (κ3) is 3.20. The van der Waals surface area contributed by atoms with E-state index in [1.165, 1.54) is 12.8 Å². The van der Waals surface area contributed by atoms with Crippen LogP contribution in [-0.2, 0) is 0 Å². The molecule has 0 aliphatic carbocycles. The second kappa shape index (κ2) is 5.82. The first-order valence-corrected chi connectivity index (χ1v) is 6.40. The predicted molar refractivity (Wildman–Crippen MR) is 71.4 cm³/mol. The second-order valence-electron chi connectivity index (χ2n) is 4.83. The number of nitrogens with two attached hydrogens (primary N) is 1. The van der Waals surface area contributed by atoms with E-state index in [0.29, 0.717) is 23.3 Å². The van der Waals surface area contributed by atoms with Gasteiger partial charge < -0.3 is 16.4 Å². The van der Waals surface area contributed by atoms with Crippen LogP contribution in [0, 0.1) is 5.92 Å². The number of nitrogens with zero attached hydrogens (tertiary/aromatic N) is 1. The van der Waals surface area contributed by atoms with Gasteiger partial charge in [0, 0.05) is 17.8 Å². The van der Waals surface area contributed by atoms with Crippen molar-refractivity contribution in [3.63, 3.8) is 0 Å². The van der Waals surface area contributed by atoms with Crippen LogP contribution in [0.15, 0.2) is 18.3 Å². The molecular weight excluding hydrogens is 228 g/mol. The largest absolute Gasteiger partial charge is 0.367 e. The molecule has 2 unspecified atom stereocenters. The normalized spacial score (nSPS) is 21.3. The SMILES string of the molecule is CC(Nc1cc(C(N)=O)ccn1)C1CCCNC1. The van der Waals surface area contributed by atoms with Crippen molar-refractivity contribution in [1.29, 1.82) is 0 Å². The van der Waals surface area contributed by atoms with Gasteiger partial charge in [0.1, 0.15) is 5.82 Å². The second-order valence-corrected chi connectivity index (χ2v) is 4.83. The summed E-state index contributed by atoms with van der Waals surface area (Å²) in [4.78, 5) is 15.3. The number of hydrogen-bond acceptors (Lipinski definition) is 4. The molecule has 98 valence electrons. The summed E-state index contributed by atoms with van der Waals surface area (Å²) in [6, 6.07) is 3.66. The number of rotatable bonds is 4. The van der Waals surface area contributed by atoms with Gasteiger partial charge in [0.2, 0.25) is 5.91 Å². The van der Waals surface area contributed by atoms with Gasteiger partial charge in [-0.25, -0.2) is 4.98 Å². The van der Waals surface area contributed by atoms with Crippen molar-refractivity contribution in [1.82, 2.24) is 10.3 Å². The summed E-state index contributed by atoms with van der Waals surface area (Å²) < 4.78 is 0.